The number of rotatable bonds is 2. The molecule has 1 saturated heterocycles. The standard InChI is InChI=1S/C11H16N4O4/c1-6-4-15(5-7(6)10(17)18)8-9(16)13(2)11(19)14(3)12-8/h6-7H,4-5H2,1-3H3,(H,17,18)/t6-,7-/m1/s1. The molecule has 104 valence electrons. The summed E-state index contributed by atoms with van der Waals surface area (Å²) in [6.45, 7) is 2.50. The fourth-order valence-corrected chi connectivity index (χ4v) is 2.34. The fraction of sp³-hybridized carbons (Fsp3) is 0.636. The van der Waals surface area contributed by atoms with Crippen molar-refractivity contribution in [1.82, 2.24) is 14.3 Å². The van der Waals surface area contributed by atoms with Gasteiger partial charge in [0.1, 0.15) is 0 Å². The Morgan fingerprint density at radius 3 is 2.47 bits per heavy atom. The quantitative estimate of drug-likeness (QED) is 0.711. The maximum Gasteiger partial charge on any atom is 0.346 e. The lowest BCUT2D eigenvalue weighted by Crippen LogP contribution is -2.42. The molecule has 1 aliphatic heterocycles. The molecule has 2 heterocycles. The summed E-state index contributed by atoms with van der Waals surface area (Å²) in [7, 11) is 2.84. The zero-order valence-corrected chi connectivity index (χ0v) is 11.0. The first-order valence-electron chi connectivity index (χ1n) is 5.95. The van der Waals surface area contributed by atoms with Crippen LogP contribution in [-0.4, -0.2) is 38.5 Å². The maximum atomic E-state index is 12.0. The second kappa shape index (κ2) is 4.52. The van der Waals surface area contributed by atoms with Gasteiger partial charge in [0.05, 0.1) is 5.92 Å². The Morgan fingerprint density at radius 1 is 1.32 bits per heavy atom. The average Bonchev–Trinajstić information content (AvgIpc) is 2.73. The van der Waals surface area contributed by atoms with Gasteiger partial charge in [0.25, 0.3) is 5.56 Å². The summed E-state index contributed by atoms with van der Waals surface area (Å²) in [4.78, 5) is 36.3. The number of aryl methyl sites for hydroxylation is 1. The summed E-state index contributed by atoms with van der Waals surface area (Å²) in [5.74, 6) is -1.35. The maximum absolute atomic E-state index is 12.0. The summed E-state index contributed by atoms with van der Waals surface area (Å²) < 4.78 is 2.05. The molecular weight excluding hydrogens is 252 g/mol. The molecule has 1 fully saturated rings. The summed E-state index contributed by atoms with van der Waals surface area (Å²) in [6.07, 6.45) is 0. The number of carbonyl (C=O) groups is 1. The number of hydrogen-bond acceptors (Lipinski definition) is 5. The lowest BCUT2D eigenvalue weighted by molar-refractivity contribution is -0.142. The van der Waals surface area contributed by atoms with Crippen molar-refractivity contribution in [3.8, 4) is 0 Å². The molecule has 1 aromatic rings. The van der Waals surface area contributed by atoms with E-state index in [2.05, 4.69) is 5.10 Å². The third kappa shape index (κ3) is 2.13. The summed E-state index contributed by atoms with van der Waals surface area (Å²) in [6, 6.07) is 0. The number of anilines is 1. The first-order chi connectivity index (χ1) is 8.82. The smallest absolute Gasteiger partial charge is 0.346 e. The van der Waals surface area contributed by atoms with Gasteiger partial charge in [-0.25, -0.2) is 9.48 Å². The van der Waals surface area contributed by atoms with Crippen LogP contribution in [0.3, 0.4) is 0 Å². The Hall–Kier alpha value is -2.12. The molecule has 0 bridgehead atoms. The van der Waals surface area contributed by atoms with E-state index in [1.165, 1.54) is 14.1 Å². The normalized spacial score (nSPS) is 22.8. The first-order valence-corrected chi connectivity index (χ1v) is 5.95. The number of aliphatic carboxylic acids is 1. The lowest BCUT2D eigenvalue weighted by atomic mass is 9.99. The van der Waals surface area contributed by atoms with Gasteiger partial charge in [-0.3, -0.25) is 14.2 Å². The van der Waals surface area contributed by atoms with Crippen molar-refractivity contribution in [2.24, 2.45) is 25.9 Å². The summed E-state index contributed by atoms with van der Waals surface area (Å²) in [5, 5.41) is 13.0. The third-order valence-corrected chi connectivity index (χ3v) is 3.53. The highest BCUT2D eigenvalue weighted by atomic mass is 16.4. The van der Waals surface area contributed by atoms with Crippen LogP contribution in [0, 0.1) is 11.8 Å². The van der Waals surface area contributed by atoms with Crippen molar-refractivity contribution in [3.05, 3.63) is 20.8 Å². The second-order valence-electron chi connectivity index (χ2n) is 4.92. The molecule has 2 atom stereocenters. The molecule has 2 rings (SSSR count). The largest absolute Gasteiger partial charge is 0.481 e. The van der Waals surface area contributed by atoms with Crippen LogP contribution in [0.5, 0.6) is 0 Å². The van der Waals surface area contributed by atoms with Crippen LogP contribution in [0.1, 0.15) is 6.92 Å². The van der Waals surface area contributed by atoms with E-state index in [-0.39, 0.29) is 18.3 Å². The molecule has 0 saturated carbocycles. The molecular formula is C11H16N4O4. The van der Waals surface area contributed by atoms with E-state index in [4.69, 9.17) is 5.11 Å². The minimum atomic E-state index is -0.878. The van der Waals surface area contributed by atoms with E-state index in [9.17, 15) is 14.4 Å². The molecule has 1 N–H and O–H groups in total. The van der Waals surface area contributed by atoms with Crippen LogP contribution in [0.25, 0.3) is 0 Å². The highest BCUT2D eigenvalue weighted by Crippen LogP contribution is 2.25. The molecule has 8 heteroatoms. The lowest BCUT2D eigenvalue weighted by Gasteiger charge is -2.17. The van der Waals surface area contributed by atoms with E-state index in [1.807, 2.05) is 6.92 Å². The molecule has 8 nitrogen and oxygen atoms in total. The summed E-state index contributed by atoms with van der Waals surface area (Å²) >= 11 is 0. The van der Waals surface area contributed by atoms with Crippen LogP contribution >= 0.6 is 0 Å². The van der Waals surface area contributed by atoms with Crippen LogP contribution in [-0.2, 0) is 18.9 Å². The Balaban J connectivity index is 2.43. The minimum absolute atomic E-state index is 0.0683. The third-order valence-electron chi connectivity index (χ3n) is 3.53. The predicted molar refractivity (Wildman–Crippen MR) is 67.2 cm³/mol. The molecule has 1 aliphatic rings. The van der Waals surface area contributed by atoms with E-state index in [0.717, 1.165) is 9.25 Å². The van der Waals surface area contributed by atoms with Gasteiger partial charge in [0.15, 0.2) is 0 Å². The van der Waals surface area contributed by atoms with Crippen molar-refractivity contribution in [2.45, 2.75) is 6.92 Å². The van der Waals surface area contributed by atoms with E-state index >= 15 is 0 Å². The molecule has 0 aliphatic carbocycles. The van der Waals surface area contributed by atoms with Gasteiger partial charge in [-0.2, -0.15) is 0 Å². The van der Waals surface area contributed by atoms with E-state index in [0.29, 0.717) is 6.54 Å². The fourth-order valence-electron chi connectivity index (χ4n) is 2.34. The van der Waals surface area contributed by atoms with Crippen molar-refractivity contribution in [3.63, 3.8) is 0 Å². The predicted octanol–water partition coefficient (Wildman–Crippen LogP) is -1.36. The number of hydrogen-bond donors (Lipinski definition) is 1. The minimum Gasteiger partial charge on any atom is -0.481 e. The molecule has 0 unspecified atom stereocenters. The SMILES string of the molecule is C[C@@H]1CN(c2nn(C)c(=O)n(C)c2=O)C[C@H]1C(=O)O. The zero-order chi connectivity index (χ0) is 14.3. The van der Waals surface area contributed by atoms with Gasteiger partial charge in [0.2, 0.25) is 5.82 Å². The molecule has 1 aromatic heterocycles. The van der Waals surface area contributed by atoms with Crippen LogP contribution < -0.4 is 16.1 Å². The van der Waals surface area contributed by atoms with E-state index in [1.54, 1.807) is 4.90 Å². The van der Waals surface area contributed by atoms with Gasteiger partial charge >= 0.3 is 11.7 Å². The van der Waals surface area contributed by atoms with Gasteiger partial charge in [-0.15, -0.1) is 5.10 Å². The molecule has 0 aromatic carbocycles. The van der Waals surface area contributed by atoms with Crippen LogP contribution in [0.2, 0.25) is 0 Å². The first kappa shape index (κ1) is 13.3. The highest BCUT2D eigenvalue weighted by Gasteiger charge is 2.36. The van der Waals surface area contributed by atoms with Crippen molar-refractivity contribution >= 4 is 11.8 Å². The van der Waals surface area contributed by atoms with Crippen molar-refractivity contribution in [2.75, 3.05) is 18.0 Å². The average molecular weight is 268 g/mol. The van der Waals surface area contributed by atoms with Gasteiger partial charge in [-0.1, -0.05) is 6.92 Å². The monoisotopic (exact) mass is 268 g/mol. The Labute approximate surface area is 108 Å². The molecule has 0 amide bonds. The molecule has 0 spiro atoms. The zero-order valence-electron chi connectivity index (χ0n) is 11.0. The number of carboxylic acids is 1. The molecule has 0 radical (unpaired) electrons. The summed E-state index contributed by atoms with van der Waals surface area (Å²) in [5.41, 5.74) is -1.00. The van der Waals surface area contributed by atoms with E-state index < -0.39 is 23.1 Å². The van der Waals surface area contributed by atoms with Crippen LogP contribution in [0.15, 0.2) is 9.59 Å². The van der Waals surface area contributed by atoms with Gasteiger partial charge < -0.3 is 10.0 Å². The Bertz CT molecular complexity index is 633. The highest BCUT2D eigenvalue weighted by molar-refractivity contribution is 5.72. The topological polar surface area (TPSA) is 97.4 Å². The number of carboxylic acid groups (broad SMARTS) is 1. The Kier molecular flexibility index (Phi) is 3.17. The second-order valence-corrected chi connectivity index (χ2v) is 4.92. The van der Waals surface area contributed by atoms with Crippen LogP contribution in [0.4, 0.5) is 5.82 Å². The number of nitrogens with zero attached hydrogens (tertiary/aromatic N) is 4. The Morgan fingerprint density at radius 2 is 1.95 bits per heavy atom. The van der Waals surface area contributed by atoms with Crippen molar-refractivity contribution < 1.29 is 9.90 Å². The van der Waals surface area contributed by atoms with Crippen molar-refractivity contribution in [1.29, 1.82) is 0 Å². The number of aromatic nitrogens is 3. The van der Waals surface area contributed by atoms with Gasteiger partial charge in [0, 0.05) is 27.2 Å². The molecule has 19 heavy (non-hydrogen) atoms. The van der Waals surface area contributed by atoms with Gasteiger partial charge in [-0.05, 0) is 5.92 Å².